The smallest absolute Gasteiger partial charge is 0.239 e. The number of aryl methyl sites for hydroxylation is 2. The molecule has 0 spiro atoms. The van der Waals surface area contributed by atoms with E-state index in [1.807, 2.05) is 32.0 Å². The summed E-state index contributed by atoms with van der Waals surface area (Å²) in [5, 5.41) is 5.95. The monoisotopic (exact) mass is 316 g/mol. The van der Waals surface area contributed by atoms with Crippen molar-refractivity contribution in [2.45, 2.75) is 65.8 Å². The molecule has 0 atom stereocenters. The Morgan fingerprint density at radius 1 is 1.04 bits per heavy atom. The largest absolute Gasteiger partial charge is 0.352 e. The van der Waals surface area contributed by atoms with E-state index in [9.17, 15) is 9.59 Å². The van der Waals surface area contributed by atoms with E-state index in [0.29, 0.717) is 0 Å². The molecule has 0 aromatic heterocycles. The minimum Gasteiger partial charge on any atom is -0.352 e. The number of hydrogen-bond acceptors (Lipinski definition) is 2. The van der Waals surface area contributed by atoms with Crippen molar-refractivity contribution < 1.29 is 9.59 Å². The number of carbonyl (C=O) groups excluding carboxylic acids is 2. The van der Waals surface area contributed by atoms with Crippen molar-refractivity contribution in [3.05, 3.63) is 29.3 Å². The third kappa shape index (κ3) is 4.34. The molecule has 0 heterocycles. The molecule has 2 N–H and O–H groups in total. The van der Waals surface area contributed by atoms with Crippen LogP contribution in [0.3, 0.4) is 0 Å². The normalized spacial score (nSPS) is 16.0. The van der Waals surface area contributed by atoms with Gasteiger partial charge in [-0.05, 0) is 52.2 Å². The summed E-state index contributed by atoms with van der Waals surface area (Å²) >= 11 is 0. The van der Waals surface area contributed by atoms with Gasteiger partial charge in [-0.15, -0.1) is 0 Å². The molecule has 1 aliphatic carbocycles. The van der Waals surface area contributed by atoms with Gasteiger partial charge < -0.3 is 10.6 Å². The van der Waals surface area contributed by atoms with E-state index in [0.717, 1.165) is 42.5 Å². The second-order valence-corrected chi connectivity index (χ2v) is 7.21. The molecule has 1 saturated carbocycles. The van der Waals surface area contributed by atoms with Gasteiger partial charge in [0.05, 0.1) is 0 Å². The topological polar surface area (TPSA) is 58.2 Å². The van der Waals surface area contributed by atoms with Crippen LogP contribution in [0.4, 0.5) is 5.69 Å². The standard InChI is InChI=1S/C19H28N2O2/c1-13-10-11-16(14(2)12-13)21-18(23)19(3,4)17(22)20-15-8-6-5-7-9-15/h10-12,15H,5-9H2,1-4H3,(H,20,22)(H,21,23). The molecule has 0 radical (unpaired) electrons. The first-order valence-electron chi connectivity index (χ1n) is 8.50. The average Bonchev–Trinajstić information content (AvgIpc) is 2.50. The van der Waals surface area contributed by atoms with Crippen LogP contribution in [0.1, 0.15) is 57.1 Å². The SMILES string of the molecule is Cc1ccc(NC(=O)C(C)(C)C(=O)NC2CCCCC2)c(C)c1. The Kier molecular flexibility index (Phi) is 5.45. The average molecular weight is 316 g/mol. The maximum absolute atomic E-state index is 12.6. The molecule has 0 saturated heterocycles. The van der Waals surface area contributed by atoms with E-state index in [4.69, 9.17) is 0 Å². The van der Waals surface area contributed by atoms with Crippen molar-refractivity contribution in [3.8, 4) is 0 Å². The number of carbonyl (C=O) groups is 2. The van der Waals surface area contributed by atoms with Gasteiger partial charge in [-0.1, -0.05) is 37.0 Å². The van der Waals surface area contributed by atoms with Crippen molar-refractivity contribution in [2.24, 2.45) is 5.41 Å². The maximum Gasteiger partial charge on any atom is 0.239 e. The summed E-state index contributed by atoms with van der Waals surface area (Å²) in [6.45, 7) is 7.34. The molecule has 0 unspecified atom stereocenters. The van der Waals surface area contributed by atoms with E-state index in [-0.39, 0.29) is 17.9 Å². The van der Waals surface area contributed by atoms with Crippen molar-refractivity contribution in [3.63, 3.8) is 0 Å². The summed E-state index contributed by atoms with van der Waals surface area (Å²) in [4.78, 5) is 25.1. The lowest BCUT2D eigenvalue weighted by Crippen LogP contribution is -2.49. The second kappa shape index (κ2) is 7.16. The Hall–Kier alpha value is -1.84. The summed E-state index contributed by atoms with van der Waals surface area (Å²) < 4.78 is 0. The van der Waals surface area contributed by atoms with Crippen LogP contribution in [0.15, 0.2) is 18.2 Å². The minimum absolute atomic E-state index is 0.188. The van der Waals surface area contributed by atoms with Crippen LogP contribution >= 0.6 is 0 Å². The molecule has 1 aromatic rings. The fraction of sp³-hybridized carbons (Fsp3) is 0.579. The van der Waals surface area contributed by atoms with Crippen LogP contribution < -0.4 is 10.6 Å². The van der Waals surface area contributed by atoms with Gasteiger partial charge in [-0.2, -0.15) is 0 Å². The molecule has 126 valence electrons. The molecule has 23 heavy (non-hydrogen) atoms. The molecular weight excluding hydrogens is 288 g/mol. The zero-order chi connectivity index (χ0) is 17.0. The van der Waals surface area contributed by atoms with Gasteiger partial charge in [0.25, 0.3) is 0 Å². The highest BCUT2D eigenvalue weighted by Gasteiger charge is 2.37. The Bertz CT molecular complexity index is 587. The van der Waals surface area contributed by atoms with Crippen LogP contribution in [-0.4, -0.2) is 17.9 Å². The van der Waals surface area contributed by atoms with Gasteiger partial charge in [0.2, 0.25) is 11.8 Å². The first-order valence-corrected chi connectivity index (χ1v) is 8.50. The first kappa shape index (κ1) is 17.5. The lowest BCUT2D eigenvalue weighted by Gasteiger charge is -2.28. The molecule has 2 rings (SSSR count). The van der Waals surface area contributed by atoms with E-state index < -0.39 is 5.41 Å². The molecule has 0 aliphatic heterocycles. The maximum atomic E-state index is 12.6. The van der Waals surface area contributed by atoms with Gasteiger partial charge in [-0.3, -0.25) is 9.59 Å². The quantitative estimate of drug-likeness (QED) is 0.832. The van der Waals surface area contributed by atoms with Gasteiger partial charge in [0, 0.05) is 11.7 Å². The van der Waals surface area contributed by atoms with Crippen LogP contribution in [0.2, 0.25) is 0 Å². The van der Waals surface area contributed by atoms with E-state index in [1.165, 1.54) is 6.42 Å². The number of amides is 2. The fourth-order valence-electron chi connectivity index (χ4n) is 2.95. The third-order valence-corrected chi connectivity index (χ3v) is 4.71. The zero-order valence-corrected chi connectivity index (χ0v) is 14.7. The van der Waals surface area contributed by atoms with Crippen LogP contribution in [0, 0.1) is 19.3 Å². The van der Waals surface area contributed by atoms with Crippen LogP contribution in [0.5, 0.6) is 0 Å². The predicted octanol–water partition coefficient (Wildman–Crippen LogP) is 3.72. The zero-order valence-electron chi connectivity index (χ0n) is 14.7. The van der Waals surface area contributed by atoms with Gasteiger partial charge in [0.1, 0.15) is 5.41 Å². The van der Waals surface area contributed by atoms with Crippen molar-refractivity contribution in [2.75, 3.05) is 5.32 Å². The molecule has 0 bridgehead atoms. The fourth-order valence-corrected chi connectivity index (χ4v) is 2.95. The Morgan fingerprint density at radius 3 is 2.30 bits per heavy atom. The number of rotatable bonds is 4. The molecule has 1 aliphatic rings. The number of nitrogens with one attached hydrogen (secondary N) is 2. The second-order valence-electron chi connectivity index (χ2n) is 7.21. The third-order valence-electron chi connectivity index (χ3n) is 4.71. The highest BCUT2D eigenvalue weighted by molar-refractivity contribution is 6.10. The molecule has 1 aromatic carbocycles. The molecule has 4 heteroatoms. The Labute approximate surface area is 139 Å². The predicted molar refractivity (Wildman–Crippen MR) is 93.3 cm³/mol. The Balaban J connectivity index is 2.02. The van der Waals surface area contributed by atoms with Crippen LogP contribution in [0.25, 0.3) is 0 Å². The van der Waals surface area contributed by atoms with Crippen LogP contribution in [-0.2, 0) is 9.59 Å². The summed E-state index contributed by atoms with van der Waals surface area (Å²) in [6, 6.07) is 6.07. The van der Waals surface area contributed by atoms with Gasteiger partial charge in [-0.25, -0.2) is 0 Å². The number of hydrogen-bond donors (Lipinski definition) is 2. The van der Waals surface area contributed by atoms with Crippen molar-refractivity contribution in [1.29, 1.82) is 0 Å². The molecule has 1 fully saturated rings. The van der Waals surface area contributed by atoms with Crippen molar-refractivity contribution in [1.82, 2.24) is 5.32 Å². The summed E-state index contributed by atoms with van der Waals surface area (Å²) in [7, 11) is 0. The Morgan fingerprint density at radius 2 is 1.70 bits per heavy atom. The first-order chi connectivity index (χ1) is 10.8. The summed E-state index contributed by atoms with van der Waals surface area (Å²) in [6.07, 6.45) is 5.57. The number of benzene rings is 1. The molecule has 4 nitrogen and oxygen atoms in total. The summed E-state index contributed by atoms with van der Waals surface area (Å²) in [5.41, 5.74) is 1.82. The summed E-state index contributed by atoms with van der Waals surface area (Å²) in [5.74, 6) is -0.454. The lowest BCUT2D eigenvalue weighted by molar-refractivity contribution is -0.139. The van der Waals surface area contributed by atoms with E-state index >= 15 is 0 Å². The van der Waals surface area contributed by atoms with E-state index in [1.54, 1.807) is 13.8 Å². The molecule has 2 amide bonds. The highest BCUT2D eigenvalue weighted by Crippen LogP contribution is 2.24. The lowest BCUT2D eigenvalue weighted by atomic mass is 9.88. The van der Waals surface area contributed by atoms with Crippen molar-refractivity contribution >= 4 is 17.5 Å². The minimum atomic E-state index is -1.09. The van der Waals surface area contributed by atoms with Gasteiger partial charge in [0.15, 0.2) is 0 Å². The van der Waals surface area contributed by atoms with Gasteiger partial charge >= 0.3 is 0 Å². The highest BCUT2D eigenvalue weighted by atomic mass is 16.2. The van der Waals surface area contributed by atoms with E-state index in [2.05, 4.69) is 10.6 Å². The number of anilines is 1. The molecular formula is C19H28N2O2.